The summed E-state index contributed by atoms with van der Waals surface area (Å²) >= 11 is 3.33. The number of hydrogen-bond donors (Lipinski definition) is 0. The van der Waals surface area contributed by atoms with Gasteiger partial charge in [-0.15, -0.1) is 5.10 Å². The van der Waals surface area contributed by atoms with Gasteiger partial charge in [0.1, 0.15) is 0 Å². The molecule has 0 saturated heterocycles. The zero-order chi connectivity index (χ0) is 22.7. The van der Waals surface area contributed by atoms with Crippen molar-refractivity contribution in [3.63, 3.8) is 0 Å². The first-order valence-electron chi connectivity index (χ1n) is 9.98. The predicted octanol–water partition coefficient (Wildman–Crippen LogP) is 5.35. The summed E-state index contributed by atoms with van der Waals surface area (Å²) in [7, 11) is 0. The van der Waals surface area contributed by atoms with Crippen LogP contribution in [-0.4, -0.2) is 33.1 Å². The van der Waals surface area contributed by atoms with Gasteiger partial charge in [-0.25, -0.2) is 14.5 Å². The number of ether oxygens (including phenoxy) is 1. The van der Waals surface area contributed by atoms with Gasteiger partial charge in [0, 0.05) is 15.6 Å². The third-order valence-electron chi connectivity index (χ3n) is 4.92. The highest BCUT2D eigenvalue weighted by molar-refractivity contribution is 9.10. The summed E-state index contributed by atoms with van der Waals surface area (Å²) in [5, 5.41) is 4.43. The zero-order valence-electron chi connectivity index (χ0n) is 17.6. The van der Waals surface area contributed by atoms with Crippen molar-refractivity contribution < 1.29 is 14.3 Å². The fourth-order valence-corrected chi connectivity index (χ4v) is 3.47. The molecule has 6 nitrogen and oxygen atoms in total. The number of Topliss-reactive ketones (excluding diaryl/α,β-unsaturated/α-hetero) is 1. The van der Waals surface area contributed by atoms with Crippen molar-refractivity contribution in [3.8, 4) is 17.1 Å². The van der Waals surface area contributed by atoms with Gasteiger partial charge < -0.3 is 4.74 Å². The van der Waals surface area contributed by atoms with E-state index in [0.717, 1.165) is 26.9 Å². The molecule has 0 aliphatic rings. The Labute approximate surface area is 194 Å². The number of aromatic nitrogens is 3. The lowest BCUT2D eigenvalue weighted by Gasteiger charge is -2.10. The maximum atomic E-state index is 12.7. The van der Waals surface area contributed by atoms with E-state index in [-0.39, 0.29) is 18.2 Å². The molecule has 0 radical (unpaired) electrons. The molecule has 4 aromatic rings. The van der Waals surface area contributed by atoms with Crippen LogP contribution in [0.25, 0.3) is 17.1 Å². The maximum absolute atomic E-state index is 12.7. The van der Waals surface area contributed by atoms with Crippen LogP contribution < -0.4 is 0 Å². The number of nitrogens with zero attached hydrogens (tertiary/aromatic N) is 3. The molecule has 0 bridgehead atoms. The van der Waals surface area contributed by atoms with Crippen molar-refractivity contribution >= 4 is 27.7 Å². The molecule has 0 atom stereocenters. The van der Waals surface area contributed by atoms with E-state index in [1.165, 1.54) is 0 Å². The summed E-state index contributed by atoms with van der Waals surface area (Å²) in [5.41, 5.74) is 4.14. The normalized spacial score (nSPS) is 10.7. The summed E-state index contributed by atoms with van der Waals surface area (Å²) in [6, 6.07) is 22.4. The van der Waals surface area contributed by atoms with Crippen LogP contribution in [0.3, 0.4) is 0 Å². The highest BCUT2D eigenvalue weighted by Crippen LogP contribution is 2.24. The predicted molar refractivity (Wildman–Crippen MR) is 125 cm³/mol. The molecule has 0 N–H and O–H groups in total. The number of carbonyl (C=O) groups is 2. The molecule has 4 rings (SSSR count). The van der Waals surface area contributed by atoms with Gasteiger partial charge in [-0.3, -0.25) is 4.79 Å². The van der Waals surface area contributed by atoms with E-state index in [9.17, 15) is 9.59 Å². The first kappa shape index (κ1) is 21.6. The van der Waals surface area contributed by atoms with Crippen molar-refractivity contribution in [2.75, 3.05) is 6.61 Å². The lowest BCUT2D eigenvalue weighted by molar-refractivity contribution is 0.0462. The van der Waals surface area contributed by atoms with Crippen LogP contribution in [0.15, 0.2) is 77.3 Å². The van der Waals surface area contributed by atoms with Gasteiger partial charge in [0.05, 0.1) is 5.69 Å². The average Bonchev–Trinajstić information content (AvgIpc) is 3.25. The lowest BCUT2D eigenvalue weighted by Crippen LogP contribution is -2.15. The first-order chi connectivity index (χ1) is 15.4. The number of halogens is 1. The Hall–Kier alpha value is -3.58. The molecule has 160 valence electrons. The Morgan fingerprint density at radius 3 is 2.41 bits per heavy atom. The van der Waals surface area contributed by atoms with E-state index < -0.39 is 5.97 Å². The first-order valence-corrected chi connectivity index (χ1v) is 10.8. The van der Waals surface area contributed by atoms with Gasteiger partial charge in [-0.2, -0.15) is 0 Å². The molecule has 7 heteroatoms. The van der Waals surface area contributed by atoms with E-state index in [2.05, 4.69) is 26.0 Å². The molecule has 0 aliphatic heterocycles. The van der Waals surface area contributed by atoms with Crippen LogP contribution in [0, 0.1) is 13.8 Å². The Balaban J connectivity index is 1.63. The average molecular weight is 490 g/mol. The minimum atomic E-state index is -0.753. The van der Waals surface area contributed by atoms with Gasteiger partial charge in [-0.05, 0) is 43.2 Å². The second-order valence-electron chi connectivity index (χ2n) is 7.33. The van der Waals surface area contributed by atoms with E-state index in [1.54, 1.807) is 28.9 Å². The summed E-state index contributed by atoms with van der Waals surface area (Å²) in [6.45, 7) is 3.57. The smallest absolute Gasteiger partial charge is 0.378 e. The van der Waals surface area contributed by atoms with Crippen LogP contribution in [0.5, 0.6) is 0 Å². The topological polar surface area (TPSA) is 74.1 Å². The number of rotatable bonds is 6. The highest BCUT2D eigenvalue weighted by atomic mass is 79.9. The largest absolute Gasteiger partial charge is 0.451 e. The summed E-state index contributed by atoms with van der Waals surface area (Å²) in [4.78, 5) is 29.5. The van der Waals surface area contributed by atoms with E-state index in [4.69, 9.17) is 4.74 Å². The molecule has 0 saturated carbocycles. The molecule has 0 amide bonds. The third-order valence-corrected chi connectivity index (χ3v) is 5.44. The number of esters is 1. The molecule has 0 spiro atoms. The Morgan fingerprint density at radius 2 is 1.69 bits per heavy atom. The van der Waals surface area contributed by atoms with Gasteiger partial charge in [0.2, 0.25) is 0 Å². The van der Waals surface area contributed by atoms with Gasteiger partial charge in [0.15, 0.2) is 18.2 Å². The van der Waals surface area contributed by atoms with E-state index in [0.29, 0.717) is 11.4 Å². The Kier molecular flexibility index (Phi) is 6.28. The number of aryl methyl sites for hydroxylation is 2. The second kappa shape index (κ2) is 9.28. The summed E-state index contributed by atoms with van der Waals surface area (Å²) in [6.07, 6.45) is 0. The molecular formula is C25H20BrN3O3. The fourth-order valence-electron chi connectivity index (χ4n) is 3.20. The molecule has 32 heavy (non-hydrogen) atoms. The van der Waals surface area contributed by atoms with Crippen molar-refractivity contribution in [1.29, 1.82) is 0 Å². The van der Waals surface area contributed by atoms with Crippen LogP contribution in [0.1, 0.15) is 32.1 Å². The molecule has 3 aromatic carbocycles. The van der Waals surface area contributed by atoms with Gasteiger partial charge in [0.25, 0.3) is 5.82 Å². The van der Waals surface area contributed by atoms with Crippen LogP contribution in [0.2, 0.25) is 0 Å². The zero-order valence-corrected chi connectivity index (χ0v) is 19.2. The minimum Gasteiger partial charge on any atom is -0.451 e. The number of hydrogen-bond acceptors (Lipinski definition) is 5. The monoisotopic (exact) mass is 489 g/mol. The van der Waals surface area contributed by atoms with Crippen LogP contribution in [0.4, 0.5) is 0 Å². The number of benzene rings is 3. The molecule has 0 unspecified atom stereocenters. The van der Waals surface area contributed by atoms with Crippen molar-refractivity contribution in [3.05, 3.63) is 99.8 Å². The summed E-state index contributed by atoms with van der Waals surface area (Å²) in [5.74, 6) is -0.640. The minimum absolute atomic E-state index is 0.103. The highest BCUT2D eigenvalue weighted by Gasteiger charge is 2.22. The van der Waals surface area contributed by atoms with Gasteiger partial charge in [-0.1, -0.05) is 70.5 Å². The van der Waals surface area contributed by atoms with Crippen LogP contribution >= 0.6 is 15.9 Å². The maximum Gasteiger partial charge on any atom is 0.378 e. The SMILES string of the molecule is Cc1ccc(C)c(-n2nc(C(=O)OCC(=O)c3ccc(Br)cc3)nc2-c2ccccc2)c1. The summed E-state index contributed by atoms with van der Waals surface area (Å²) < 4.78 is 7.74. The van der Waals surface area contributed by atoms with E-state index >= 15 is 0 Å². The van der Waals surface area contributed by atoms with Gasteiger partial charge >= 0.3 is 5.97 Å². The van der Waals surface area contributed by atoms with Crippen molar-refractivity contribution in [1.82, 2.24) is 14.8 Å². The Bertz CT molecular complexity index is 1280. The number of carbonyl (C=O) groups excluding carboxylic acids is 2. The van der Waals surface area contributed by atoms with Crippen LogP contribution in [-0.2, 0) is 4.74 Å². The second-order valence-corrected chi connectivity index (χ2v) is 8.25. The molecular weight excluding hydrogens is 470 g/mol. The standard InChI is InChI=1S/C25H20BrN3O3/c1-16-8-9-17(2)21(14-16)29-24(19-6-4-3-5-7-19)27-23(28-29)25(31)32-15-22(30)18-10-12-20(26)13-11-18/h3-14H,15H2,1-2H3. The quantitative estimate of drug-likeness (QED) is 0.269. The van der Waals surface area contributed by atoms with E-state index in [1.807, 2.05) is 62.4 Å². The number of ketones is 1. The molecule has 1 aromatic heterocycles. The molecule has 0 fully saturated rings. The third kappa shape index (κ3) is 4.68. The molecule has 1 heterocycles. The fraction of sp³-hybridized carbons (Fsp3) is 0.120. The van der Waals surface area contributed by atoms with Crippen molar-refractivity contribution in [2.24, 2.45) is 0 Å². The van der Waals surface area contributed by atoms with Crippen molar-refractivity contribution in [2.45, 2.75) is 13.8 Å². The molecule has 0 aliphatic carbocycles. The lowest BCUT2D eigenvalue weighted by atomic mass is 10.1. The Morgan fingerprint density at radius 1 is 0.969 bits per heavy atom.